The third-order valence-electron chi connectivity index (χ3n) is 4.35. The summed E-state index contributed by atoms with van der Waals surface area (Å²) in [6.45, 7) is 0.323. The maximum absolute atomic E-state index is 13.1. The van der Waals surface area contributed by atoms with Crippen LogP contribution in [0.25, 0.3) is 5.69 Å². The molecular formula is C20H19N3O4S2. The minimum absolute atomic E-state index is 0.107. The topological polar surface area (TPSA) is 86.4 Å². The number of carbonyl (C=O) groups is 1. The van der Waals surface area contributed by atoms with Crippen molar-refractivity contribution in [2.75, 3.05) is 18.6 Å². The number of aryl methyl sites for hydroxylation is 1. The van der Waals surface area contributed by atoms with E-state index in [4.69, 9.17) is 14.1 Å². The number of hydrogen-bond donors (Lipinski definition) is 1. The number of hydrogen-bond acceptors (Lipinski definition) is 7. The Hall–Kier alpha value is -2.65. The number of rotatable bonds is 7. The molecule has 3 heterocycles. The van der Waals surface area contributed by atoms with Crippen LogP contribution >= 0.6 is 23.5 Å². The lowest BCUT2D eigenvalue weighted by atomic mass is 10.3. The van der Waals surface area contributed by atoms with E-state index in [-0.39, 0.29) is 17.2 Å². The lowest BCUT2D eigenvalue weighted by molar-refractivity contribution is -0.118. The van der Waals surface area contributed by atoms with Crippen LogP contribution in [0.4, 0.5) is 0 Å². The van der Waals surface area contributed by atoms with E-state index >= 15 is 0 Å². The normalized spacial score (nSPS) is 12.6. The third kappa shape index (κ3) is 4.35. The summed E-state index contributed by atoms with van der Waals surface area (Å²) in [5.41, 5.74) is 1.36. The maximum atomic E-state index is 13.1. The Bertz CT molecular complexity index is 1080. The molecule has 1 aromatic carbocycles. The highest BCUT2D eigenvalue weighted by Gasteiger charge is 2.23. The van der Waals surface area contributed by atoms with Crippen molar-refractivity contribution in [1.82, 2.24) is 14.9 Å². The van der Waals surface area contributed by atoms with Crippen LogP contribution in [0.3, 0.4) is 0 Å². The Kier molecular flexibility index (Phi) is 5.96. The van der Waals surface area contributed by atoms with Crippen LogP contribution in [-0.2, 0) is 17.8 Å². The van der Waals surface area contributed by atoms with E-state index in [1.165, 1.54) is 23.5 Å². The Morgan fingerprint density at radius 2 is 2.28 bits per heavy atom. The number of aromatic nitrogens is 2. The van der Waals surface area contributed by atoms with Gasteiger partial charge < -0.3 is 14.5 Å². The number of nitrogens with one attached hydrogen (secondary N) is 1. The smallest absolute Gasteiger partial charge is 0.272 e. The molecule has 0 saturated heterocycles. The molecule has 9 heteroatoms. The van der Waals surface area contributed by atoms with Crippen molar-refractivity contribution in [3.05, 3.63) is 64.5 Å². The van der Waals surface area contributed by atoms with Crippen molar-refractivity contribution in [3.63, 3.8) is 0 Å². The van der Waals surface area contributed by atoms with Crippen LogP contribution < -0.4 is 15.6 Å². The van der Waals surface area contributed by atoms with Gasteiger partial charge in [-0.2, -0.15) is 0 Å². The lowest BCUT2D eigenvalue weighted by Crippen LogP contribution is -2.27. The van der Waals surface area contributed by atoms with Gasteiger partial charge in [0.1, 0.15) is 11.5 Å². The van der Waals surface area contributed by atoms with E-state index in [9.17, 15) is 9.59 Å². The Morgan fingerprint density at radius 3 is 3.07 bits per heavy atom. The summed E-state index contributed by atoms with van der Waals surface area (Å²) in [5, 5.41) is 3.30. The molecule has 29 heavy (non-hydrogen) atoms. The fourth-order valence-corrected chi connectivity index (χ4v) is 4.83. The SMILES string of the molecule is COc1cccc(-n2c(SCC(=O)NCc3ccco3)nc3c(c2=O)SCC3)c1. The molecule has 4 rings (SSSR count). The summed E-state index contributed by atoms with van der Waals surface area (Å²) in [6, 6.07) is 10.8. The molecule has 0 aliphatic carbocycles. The van der Waals surface area contributed by atoms with Crippen LogP contribution in [0.2, 0.25) is 0 Å². The highest BCUT2D eigenvalue weighted by Crippen LogP contribution is 2.30. The summed E-state index contributed by atoms with van der Waals surface area (Å²) >= 11 is 2.77. The second kappa shape index (κ2) is 8.79. The van der Waals surface area contributed by atoms with Gasteiger partial charge in [0.25, 0.3) is 5.56 Å². The van der Waals surface area contributed by atoms with E-state index in [1.807, 2.05) is 18.2 Å². The first kappa shape index (κ1) is 19.7. The van der Waals surface area contributed by atoms with Gasteiger partial charge in [0.15, 0.2) is 5.16 Å². The van der Waals surface area contributed by atoms with E-state index in [1.54, 1.807) is 36.1 Å². The van der Waals surface area contributed by atoms with Gasteiger partial charge in [-0.25, -0.2) is 4.98 Å². The first-order valence-electron chi connectivity index (χ1n) is 9.01. The molecule has 7 nitrogen and oxygen atoms in total. The van der Waals surface area contributed by atoms with Gasteiger partial charge in [-0.05, 0) is 24.3 Å². The highest BCUT2D eigenvalue weighted by atomic mass is 32.2. The number of nitrogens with zero attached hydrogens (tertiary/aromatic N) is 2. The number of fused-ring (bicyclic) bond motifs is 1. The van der Waals surface area contributed by atoms with Crippen molar-refractivity contribution >= 4 is 29.4 Å². The summed E-state index contributed by atoms with van der Waals surface area (Å²) in [5.74, 6) is 2.16. The molecule has 0 saturated carbocycles. The minimum atomic E-state index is -0.160. The van der Waals surface area contributed by atoms with Crippen molar-refractivity contribution < 1.29 is 13.9 Å². The monoisotopic (exact) mass is 429 g/mol. The van der Waals surface area contributed by atoms with Crippen molar-refractivity contribution in [2.45, 2.75) is 23.0 Å². The Balaban J connectivity index is 1.59. The van der Waals surface area contributed by atoms with Crippen molar-refractivity contribution in [3.8, 4) is 11.4 Å². The van der Waals surface area contributed by atoms with Gasteiger partial charge in [0, 0.05) is 18.2 Å². The average Bonchev–Trinajstić information content (AvgIpc) is 3.42. The standard InChI is InChI=1S/C20H19N3O4S2/c1-26-14-5-2-4-13(10-14)23-19(25)18-16(7-9-28-18)22-20(23)29-12-17(24)21-11-15-6-3-8-27-15/h2-6,8,10H,7,9,11-12H2,1H3,(H,21,24). The molecule has 2 aromatic heterocycles. The third-order valence-corrected chi connectivity index (χ3v) is 6.40. The number of amides is 1. The predicted molar refractivity (Wildman–Crippen MR) is 112 cm³/mol. The number of ether oxygens (including phenoxy) is 1. The molecule has 1 aliphatic rings. The quantitative estimate of drug-likeness (QED) is 0.456. The number of benzene rings is 1. The van der Waals surface area contributed by atoms with Gasteiger partial charge in [0.05, 0.1) is 41.9 Å². The minimum Gasteiger partial charge on any atom is -0.497 e. The molecular weight excluding hydrogens is 410 g/mol. The summed E-state index contributed by atoms with van der Waals surface area (Å²) in [7, 11) is 1.58. The summed E-state index contributed by atoms with van der Waals surface area (Å²) in [6.07, 6.45) is 2.32. The molecule has 0 radical (unpaired) electrons. The number of carbonyl (C=O) groups excluding carboxylic acids is 1. The zero-order valence-electron chi connectivity index (χ0n) is 15.7. The molecule has 1 amide bonds. The first-order chi connectivity index (χ1) is 14.2. The zero-order chi connectivity index (χ0) is 20.2. The van der Waals surface area contributed by atoms with Gasteiger partial charge in [-0.15, -0.1) is 11.8 Å². The van der Waals surface area contributed by atoms with E-state index in [2.05, 4.69) is 5.32 Å². The van der Waals surface area contributed by atoms with Gasteiger partial charge in [-0.1, -0.05) is 17.8 Å². The molecule has 0 fully saturated rings. The Morgan fingerprint density at radius 1 is 1.38 bits per heavy atom. The van der Waals surface area contributed by atoms with Crippen LogP contribution in [0.15, 0.2) is 61.9 Å². The van der Waals surface area contributed by atoms with E-state index < -0.39 is 0 Å². The molecule has 0 spiro atoms. The molecule has 3 aromatic rings. The maximum Gasteiger partial charge on any atom is 0.272 e. The molecule has 0 bridgehead atoms. The van der Waals surface area contributed by atoms with Gasteiger partial charge in [0.2, 0.25) is 5.91 Å². The summed E-state index contributed by atoms with van der Waals surface area (Å²) in [4.78, 5) is 30.8. The number of methoxy groups -OCH3 is 1. The predicted octanol–water partition coefficient (Wildman–Crippen LogP) is 2.89. The van der Waals surface area contributed by atoms with Crippen molar-refractivity contribution in [2.24, 2.45) is 0 Å². The fourth-order valence-electron chi connectivity index (χ4n) is 2.95. The van der Waals surface area contributed by atoms with Crippen LogP contribution in [0, 0.1) is 0 Å². The van der Waals surface area contributed by atoms with E-state index in [0.29, 0.717) is 33.8 Å². The molecule has 0 atom stereocenters. The van der Waals surface area contributed by atoms with E-state index in [0.717, 1.165) is 17.9 Å². The largest absolute Gasteiger partial charge is 0.497 e. The molecule has 150 valence electrons. The summed E-state index contributed by atoms with van der Waals surface area (Å²) < 4.78 is 12.1. The molecule has 1 N–H and O–H groups in total. The van der Waals surface area contributed by atoms with Gasteiger partial charge in [-0.3, -0.25) is 14.2 Å². The Labute approximate surface area is 175 Å². The lowest BCUT2D eigenvalue weighted by Gasteiger charge is -2.14. The van der Waals surface area contributed by atoms with Crippen LogP contribution in [0.1, 0.15) is 11.5 Å². The van der Waals surface area contributed by atoms with Crippen LogP contribution in [0.5, 0.6) is 5.75 Å². The second-order valence-electron chi connectivity index (χ2n) is 6.26. The average molecular weight is 430 g/mol. The molecule has 0 unspecified atom stereocenters. The first-order valence-corrected chi connectivity index (χ1v) is 11.0. The fraction of sp³-hybridized carbons (Fsp3) is 0.250. The number of thioether (sulfide) groups is 2. The second-order valence-corrected chi connectivity index (χ2v) is 8.30. The van der Waals surface area contributed by atoms with Crippen LogP contribution in [-0.4, -0.2) is 34.1 Å². The number of furan rings is 1. The van der Waals surface area contributed by atoms with Crippen molar-refractivity contribution in [1.29, 1.82) is 0 Å². The molecule has 1 aliphatic heterocycles. The highest BCUT2D eigenvalue weighted by molar-refractivity contribution is 8.00. The van der Waals surface area contributed by atoms with Gasteiger partial charge >= 0.3 is 0 Å². The zero-order valence-corrected chi connectivity index (χ0v) is 17.3.